The standard InChI is InChI=1S/C18H25BrN2O2S/c1-23-15-2-3-17(19)16(10-15)18(22)20-11-13-4-7-21(8-5-13)14-6-9-24-12-14/h2-3,10,13-14H,4-9,11-12H2,1H3,(H,20,22)/t14-/m0/s1. The highest BCUT2D eigenvalue weighted by atomic mass is 79.9. The predicted molar refractivity (Wildman–Crippen MR) is 103 cm³/mol. The van der Waals surface area contributed by atoms with E-state index in [-0.39, 0.29) is 5.91 Å². The third-order valence-electron chi connectivity index (χ3n) is 5.04. The number of hydrogen-bond acceptors (Lipinski definition) is 4. The number of carbonyl (C=O) groups excluding carboxylic acids is 1. The van der Waals surface area contributed by atoms with Crippen molar-refractivity contribution in [2.24, 2.45) is 5.92 Å². The van der Waals surface area contributed by atoms with Gasteiger partial charge in [-0.25, -0.2) is 0 Å². The molecule has 0 aliphatic carbocycles. The number of nitrogens with zero attached hydrogens (tertiary/aromatic N) is 1. The highest BCUT2D eigenvalue weighted by molar-refractivity contribution is 9.10. The topological polar surface area (TPSA) is 41.6 Å². The molecule has 1 aromatic rings. The lowest BCUT2D eigenvalue weighted by molar-refractivity contribution is 0.0927. The van der Waals surface area contributed by atoms with Crippen molar-refractivity contribution in [3.63, 3.8) is 0 Å². The number of piperidine rings is 1. The summed E-state index contributed by atoms with van der Waals surface area (Å²) in [7, 11) is 1.61. The maximum Gasteiger partial charge on any atom is 0.252 e. The van der Waals surface area contributed by atoms with E-state index in [1.54, 1.807) is 13.2 Å². The van der Waals surface area contributed by atoms with Crippen molar-refractivity contribution in [3.8, 4) is 5.75 Å². The first kappa shape index (κ1) is 18.1. The molecule has 132 valence electrons. The molecule has 2 aliphatic heterocycles. The van der Waals surface area contributed by atoms with Crippen LogP contribution in [0, 0.1) is 5.92 Å². The average molecular weight is 413 g/mol. The highest BCUT2D eigenvalue weighted by Gasteiger charge is 2.27. The zero-order valence-corrected chi connectivity index (χ0v) is 16.5. The molecule has 4 nitrogen and oxygen atoms in total. The van der Waals surface area contributed by atoms with Crippen molar-refractivity contribution in [2.45, 2.75) is 25.3 Å². The van der Waals surface area contributed by atoms with Crippen molar-refractivity contribution >= 4 is 33.6 Å². The van der Waals surface area contributed by atoms with Crippen LogP contribution in [0.3, 0.4) is 0 Å². The summed E-state index contributed by atoms with van der Waals surface area (Å²) in [6.45, 7) is 3.11. The van der Waals surface area contributed by atoms with Crippen LogP contribution in [-0.2, 0) is 0 Å². The Balaban J connectivity index is 1.47. The second-order valence-corrected chi connectivity index (χ2v) is 8.56. The number of methoxy groups -OCH3 is 1. The summed E-state index contributed by atoms with van der Waals surface area (Å²) in [6, 6.07) is 6.27. The Kier molecular flexibility index (Phi) is 6.47. The lowest BCUT2D eigenvalue weighted by Gasteiger charge is -2.35. The molecular weight excluding hydrogens is 388 g/mol. The normalized spacial score (nSPS) is 22.5. The molecule has 1 atom stereocenters. The summed E-state index contributed by atoms with van der Waals surface area (Å²) in [5.41, 5.74) is 0.634. The van der Waals surface area contributed by atoms with Gasteiger partial charge in [-0.05, 0) is 78.2 Å². The van der Waals surface area contributed by atoms with E-state index in [0.29, 0.717) is 17.2 Å². The maximum absolute atomic E-state index is 12.4. The van der Waals surface area contributed by atoms with Gasteiger partial charge in [0.05, 0.1) is 12.7 Å². The van der Waals surface area contributed by atoms with Gasteiger partial charge < -0.3 is 10.1 Å². The summed E-state index contributed by atoms with van der Waals surface area (Å²) < 4.78 is 6.01. The number of thioether (sulfide) groups is 1. The summed E-state index contributed by atoms with van der Waals surface area (Å²) >= 11 is 5.53. The van der Waals surface area contributed by atoms with Crippen LogP contribution in [0.1, 0.15) is 29.6 Å². The van der Waals surface area contributed by atoms with Crippen LogP contribution in [0.15, 0.2) is 22.7 Å². The van der Waals surface area contributed by atoms with Gasteiger partial charge in [-0.2, -0.15) is 11.8 Å². The molecule has 2 saturated heterocycles. The van der Waals surface area contributed by atoms with Crippen LogP contribution in [0.4, 0.5) is 0 Å². The summed E-state index contributed by atoms with van der Waals surface area (Å²) in [6.07, 6.45) is 3.71. The van der Waals surface area contributed by atoms with E-state index in [1.165, 1.54) is 43.9 Å². The quantitative estimate of drug-likeness (QED) is 0.804. The van der Waals surface area contributed by atoms with Crippen LogP contribution in [0.2, 0.25) is 0 Å². The van der Waals surface area contributed by atoms with Crippen LogP contribution < -0.4 is 10.1 Å². The molecule has 1 aromatic carbocycles. The van der Waals surface area contributed by atoms with Crippen LogP contribution in [0.5, 0.6) is 5.75 Å². The molecule has 0 bridgehead atoms. The Morgan fingerprint density at radius 2 is 2.17 bits per heavy atom. The number of halogens is 1. The molecule has 0 radical (unpaired) electrons. The Hall–Kier alpha value is -0.720. The molecule has 6 heteroatoms. The van der Waals surface area contributed by atoms with Crippen molar-refractivity contribution < 1.29 is 9.53 Å². The van der Waals surface area contributed by atoms with E-state index < -0.39 is 0 Å². The zero-order valence-electron chi connectivity index (χ0n) is 14.1. The zero-order chi connectivity index (χ0) is 16.9. The van der Waals surface area contributed by atoms with E-state index in [9.17, 15) is 4.79 Å². The molecule has 1 N–H and O–H groups in total. The summed E-state index contributed by atoms with van der Waals surface area (Å²) in [5, 5.41) is 3.10. The first-order chi connectivity index (χ1) is 11.7. The summed E-state index contributed by atoms with van der Waals surface area (Å²) in [4.78, 5) is 15.1. The van der Waals surface area contributed by atoms with Crippen molar-refractivity contribution in [3.05, 3.63) is 28.2 Å². The van der Waals surface area contributed by atoms with Crippen LogP contribution in [0.25, 0.3) is 0 Å². The number of nitrogens with one attached hydrogen (secondary N) is 1. The molecule has 2 heterocycles. The molecule has 24 heavy (non-hydrogen) atoms. The minimum Gasteiger partial charge on any atom is -0.497 e. The Morgan fingerprint density at radius 1 is 1.38 bits per heavy atom. The van der Waals surface area contributed by atoms with Gasteiger partial charge in [-0.1, -0.05) is 0 Å². The fourth-order valence-electron chi connectivity index (χ4n) is 3.47. The Morgan fingerprint density at radius 3 is 2.83 bits per heavy atom. The van der Waals surface area contributed by atoms with E-state index in [4.69, 9.17) is 4.74 Å². The first-order valence-corrected chi connectivity index (χ1v) is 10.6. The molecule has 1 amide bonds. The van der Waals surface area contributed by atoms with Gasteiger partial charge in [0.25, 0.3) is 5.91 Å². The molecule has 0 unspecified atom stereocenters. The number of amides is 1. The first-order valence-electron chi connectivity index (χ1n) is 8.61. The van der Waals surface area contributed by atoms with E-state index >= 15 is 0 Å². The Labute approximate surface area is 156 Å². The second kappa shape index (κ2) is 8.59. The monoisotopic (exact) mass is 412 g/mol. The number of likely N-dealkylation sites (tertiary alicyclic amines) is 1. The number of hydrogen-bond donors (Lipinski definition) is 1. The van der Waals surface area contributed by atoms with Gasteiger partial charge in [0.1, 0.15) is 5.75 Å². The average Bonchev–Trinajstić information content (AvgIpc) is 3.15. The van der Waals surface area contributed by atoms with Gasteiger partial charge in [-0.15, -0.1) is 0 Å². The molecular formula is C18H25BrN2O2S. The third-order valence-corrected chi connectivity index (χ3v) is 6.88. The predicted octanol–water partition coefficient (Wildman–Crippen LogP) is 3.41. The van der Waals surface area contributed by atoms with E-state index in [1.807, 2.05) is 12.1 Å². The number of ether oxygens (including phenoxy) is 1. The highest BCUT2D eigenvalue weighted by Crippen LogP contribution is 2.27. The molecule has 2 fully saturated rings. The fourth-order valence-corrected chi connectivity index (χ4v) is 5.15. The summed E-state index contributed by atoms with van der Waals surface area (Å²) in [5.74, 6) is 3.87. The number of carbonyl (C=O) groups is 1. The second-order valence-electron chi connectivity index (χ2n) is 6.55. The number of benzene rings is 1. The SMILES string of the molecule is COc1ccc(Br)c(C(=O)NCC2CCN([C@H]3CCSC3)CC2)c1. The minimum absolute atomic E-state index is 0.0320. The van der Waals surface area contributed by atoms with Gasteiger partial charge in [0, 0.05) is 22.8 Å². The lowest BCUT2D eigenvalue weighted by atomic mass is 9.95. The number of rotatable bonds is 5. The van der Waals surface area contributed by atoms with Gasteiger partial charge >= 0.3 is 0 Å². The third kappa shape index (κ3) is 4.46. The van der Waals surface area contributed by atoms with Crippen LogP contribution in [-0.4, -0.2) is 55.1 Å². The lowest BCUT2D eigenvalue weighted by Crippen LogP contribution is -2.43. The maximum atomic E-state index is 12.4. The minimum atomic E-state index is -0.0320. The molecule has 3 rings (SSSR count). The smallest absolute Gasteiger partial charge is 0.252 e. The van der Waals surface area contributed by atoms with Crippen LogP contribution >= 0.6 is 27.7 Å². The fraction of sp³-hybridized carbons (Fsp3) is 0.611. The van der Waals surface area contributed by atoms with E-state index in [0.717, 1.165) is 17.1 Å². The van der Waals surface area contributed by atoms with Gasteiger partial charge in [0.2, 0.25) is 0 Å². The molecule has 0 spiro atoms. The largest absolute Gasteiger partial charge is 0.497 e. The van der Waals surface area contributed by atoms with Crippen molar-refractivity contribution in [1.29, 1.82) is 0 Å². The molecule has 2 aliphatic rings. The van der Waals surface area contributed by atoms with Gasteiger partial charge in [0.15, 0.2) is 0 Å². The van der Waals surface area contributed by atoms with Crippen molar-refractivity contribution in [2.75, 3.05) is 38.2 Å². The Bertz CT molecular complexity index is 570. The molecule has 0 saturated carbocycles. The van der Waals surface area contributed by atoms with Gasteiger partial charge in [-0.3, -0.25) is 9.69 Å². The molecule has 0 aromatic heterocycles. The van der Waals surface area contributed by atoms with E-state index in [2.05, 4.69) is 37.9 Å². The van der Waals surface area contributed by atoms with Crippen molar-refractivity contribution in [1.82, 2.24) is 10.2 Å².